The van der Waals surface area contributed by atoms with Crippen LogP contribution in [0.3, 0.4) is 0 Å². The number of benzene rings is 1. The topological polar surface area (TPSA) is 87.7 Å². The highest BCUT2D eigenvalue weighted by molar-refractivity contribution is 7.91. The minimum absolute atomic E-state index is 0.0777. The molecule has 0 aliphatic carbocycles. The Balaban J connectivity index is 2.78. The Morgan fingerprint density at radius 1 is 1.31 bits per heavy atom. The second-order valence-corrected chi connectivity index (χ2v) is 5.45. The van der Waals surface area contributed by atoms with Crippen LogP contribution >= 0.6 is 0 Å². The first-order valence-corrected chi connectivity index (χ1v) is 6.37. The third-order valence-electron chi connectivity index (χ3n) is 2.19. The molecule has 1 heterocycles. The number of hydrogen-bond donors (Lipinski definition) is 2. The zero-order chi connectivity index (χ0) is 11.9. The van der Waals surface area contributed by atoms with Crippen molar-refractivity contribution in [2.45, 2.75) is 4.90 Å². The Hall–Kier alpha value is -1.31. The number of fused-ring (bicyclic) bond motifs is 1. The van der Waals surface area contributed by atoms with Crippen LogP contribution in [0.15, 0.2) is 33.6 Å². The van der Waals surface area contributed by atoms with Gasteiger partial charge in [0, 0.05) is 11.6 Å². The van der Waals surface area contributed by atoms with Crippen LogP contribution in [0.25, 0.3) is 11.0 Å². The first kappa shape index (κ1) is 11.2. The van der Waals surface area contributed by atoms with Gasteiger partial charge in [-0.15, -0.1) is 0 Å². The summed E-state index contributed by atoms with van der Waals surface area (Å²) in [6.07, 6.45) is 1.09. The maximum atomic E-state index is 11.5. The van der Waals surface area contributed by atoms with E-state index in [4.69, 9.17) is 14.5 Å². The molecule has 2 rings (SSSR count). The number of rotatable bonds is 2. The van der Waals surface area contributed by atoms with Gasteiger partial charge in [-0.25, -0.2) is 8.42 Å². The van der Waals surface area contributed by atoms with Gasteiger partial charge in [-0.1, -0.05) is 6.07 Å². The molecule has 0 fully saturated rings. The third-order valence-corrected chi connectivity index (χ3v) is 3.35. The van der Waals surface area contributed by atoms with E-state index in [1.165, 1.54) is 18.2 Å². The van der Waals surface area contributed by atoms with Crippen LogP contribution in [0.1, 0.15) is 0 Å². The number of furan rings is 1. The first-order valence-electron chi connectivity index (χ1n) is 4.48. The van der Waals surface area contributed by atoms with Crippen molar-refractivity contribution >= 4 is 33.6 Å². The lowest BCUT2D eigenvalue weighted by atomic mass is 9.88. The van der Waals surface area contributed by atoms with Gasteiger partial charge in [0.2, 0.25) is 0 Å². The van der Waals surface area contributed by atoms with E-state index in [-0.39, 0.29) is 10.6 Å². The minimum atomic E-state index is -3.37. The van der Waals surface area contributed by atoms with Crippen molar-refractivity contribution in [1.29, 1.82) is 0 Å². The molecule has 0 aliphatic rings. The van der Waals surface area contributed by atoms with Crippen LogP contribution < -0.4 is 5.66 Å². The fourth-order valence-corrected chi connectivity index (χ4v) is 2.39. The lowest BCUT2D eigenvalue weighted by molar-refractivity contribution is 0.412. The Labute approximate surface area is 92.4 Å². The molecule has 0 spiro atoms. The fourth-order valence-electron chi connectivity index (χ4n) is 1.50. The van der Waals surface area contributed by atoms with Gasteiger partial charge in [0.05, 0.1) is 4.90 Å². The summed E-state index contributed by atoms with van der Waals surface area (Å²) in [5, 5.41) is 18.2. The molecule has 2 aromatic rings. The van der Waals surface area contributed by atoms with E-state index in [0.29, 0.717) is 11.0 Å². The number of hydrogen-bond acceptors (Lipinski definition) is 5. The van der Waals surface area contributed by atoms with Gasteiger partial charge in [0.25, 0.3) is 0 Å². The molecule has 0 aliphatic heterocycles. The highest BCUT2D eigenvalue weighted by Gasteiger charge is 2.20. The average Bonchev–Trinajstić information content (AvgIpc) is 2.58. The van der Waals surface area contributed by atoms with E-state index in [1.54, 1.807) is 6.07 Å². The first-order chi connectivity index (χ1) is 7.39. The molecule has 0 saturated heterocycles. The Kier molecular flexibility index (Phi) is 2.53. The summed E-state index contributed by atoms with van der Waals surface area (Å²) in [7, 11) is -5.12. The zero-order valence-electron chi connectivity index (χ0n) is 8.41. The predicted octanol–water partition coefficient (Wildman–Crippen LogP) is -0.484. The molecule has 84 valence electrons. The minimum Gasteiger partial charge on any atom is -0.465 e. The fraction of sp³-hybridized carbons (Fsp3) is 0.111. The summed E-state index contributed by atoms with van der Waals surface area (Å²) in [6, 6.07) is 5.86. The molecule has 7 heteroatoms. The average molecular weight is 240 g/mol. The molecule has 0 saturated carbocycles. The van der Waals surface area contributed by atoms with Crippen molar-refractivity contribution in [2.24, 2.45) is 0 Å². The summed E-state index contributed by atoms with van der Waals surface area (Å²) < 4.78 is 28.0. The summed E-state index contributed by atoms with van der Waals surface area (Å²) >= 11 is 0. The summed E-state index contributed by atoms with van der Waals surface area (Å²) in [5.74, 6) is 0. The van der Waals surface area contributed by atoms with Crippen molar-refractivity contribution in [1.82, 2.24) is 0 Å². The lowest BCUT2D eigenvalue weighted by Crippen LogP contribution is -2.27. The van der Waals surface area contributed by atoms with Gasteiger partial charge in [0.1, 0.15) is 11.2 Å². The van der Waals surface area contributed by atoms with Crippen LogP contribution in [-0.4, -0.2) is 31.8 Å². The van der Waals surface area contributed by atoms with Gasteiger partial charge < -0.3 is 14.5 Å². The maximum absolute atomic E-state index is 11.5. The number of sulfone groups is 1. The molecule has 16 heavy (non-hydrogen) atoms. The molecule has 5 nitrogen and oxygen atoms in total. The van der Waals surface area contributed by atoms with Crippen LogP contribution in [0.5, 0.6) is 0 Å². The summed E-state index contributed by atoms with van der Waals surface area (Å²) in [6.45, 7) is 0. The Morgan fingerprint density at radius 3 is 2.56 bits per heavy atom. The molecule has 1 aromatic carbocycles. The molecule has 0 unspecified atom stereocenters. The standard InChI is InChI=1S/C9H9BO5S/c1-16(13,14)8-4-2-3-7-6(8)5-9(15-7)10(11)12/h2-5,11-12H,1H3. The smallest absolute Gasteiger partial charge is 0.465 e. The molecule has 2 N–H and O–H groups in total. The van der Waals surface area contributed by atoms with Gasteiger partial charge in [-0.05, 0) is 18.2 Å². The van der Waals surface area contributed by atoms with Crippen molar-refractivity contribution in [3.05, 3.63) is 24.3 Å². The molecular weight excluding hydrogens is 231 g/mol. The highest BCUT2D eigenvalue weighted by atomic mass is 32.2. The third kappa shape index (κ3) is 1.84. The van der Waals surface area contributed by atoms with Crippen molar-refractivity contribution in [2.75, 3.05) is 6.26 Å². The largest absolute Gasteiger partial charge is 0.526 e. The summed E-state index contributed by atoms with van der Waals surface area (Å²) in [4.78, 5) is 0.112. The molecule has 0 atom stereocenters. The van der Waals surface area contributed by atoms with Gasteiger partial charge in [0.15, 0.2) is 9.84 Å². The quantitative estimate of drug-likeness (QED) is 0.692. The van der Waals surface area contributed by atoms with E-state index < -0.39 is 17.0 Å². The predicted molar refractivity (Wildman–Crippen MR) is 59.1 cm³/mol. The van der Waals surface area contributed by atoms with Crippen LogP contribution in [0.2, 0.25) is 0 Å². The second kappa shape index (κ2) is 3.62. The monoisotopic (exact) mass is 240 g/mol. The second-order valence-electron chi connectivity index (χ2n) is 3.46. The van der Waals surface area contributed by atoms with Crippen LogP contribution in [0.4, 0.5) is 0 Å². The van der Waals surface area contributed by atoms with Crippen molar-refractivity contribution in [3.8, 4) is 0 Å². The van der Waals surface area contributed by atoms with E-state index in [1.807, 2.05) is 0 Å². The van der Waals surface area contributed by atoms with E-state index in [9.17, 15) is 8.42 Å². The summed E-state index contributed by atoms with van der Waals surface area (Å²) in [5.41, 5.74) is 0.233. The van der Waals surface area contributed by atoms with E-state index in [2.05, 4.69) is 0 Å². The SMILES string of the molecule is CS(=O)(=O)c1cccc2oc(B(O)O)cc12. The highest BCUT2D eigenvalue weighted by Crippen LogP contribution is 2.22. The lowest BCUT2D eigenvalue weighted by Gasteiger charge is -1.97. The van der Waals surface area contributed by atoms with E-state index in [0.717, 1.165) is 6.26 Å². The van der Waals surface area contributed by atoms with Crippen LogP contribution in [0, 0.1) is 0 Å². The van der Waals surface area contributed by atoms with Crippen molar-refractivity contribution in [3.63, 3.8) is 0 Å². The zero-order valence-corrected chi connectivity index (χ0v) is 9.23. The normalized spacial score (nSPS) is 11.9. The van der Waals surface area contributed by atoms with Gasteiger partial charge in [-0.2, -0.15) is 0 Å². The Morgan fingerprint density at radius 2 is 2.00 bits per heavy atom. The molecular formula is C9H9BO5S. The van der Waals surface area contributed by atoms with E-state index >= 15 is 0 Å². The molecule has 0 radical (unpaired) electrons. The molecule has 1 aromatic heterocycles. The van der Waals surface area contributed by atoms with Crippen LogP contribution in [-0.2, 0) is 9.84 Å². The molecule has 0 amide bonds. The van der Waals surface area contributed by atoms with Crippen molar-refractivity contribution < 1.29 is 22.9 Å². The van der Waals surface area contributed by atoms with Gasteiger partial charge in [-0.3, -0.25) is 0 Å². The Bertz CT molecular complexity index is 628. The molecule has 0 bridgehead atoms. The van der Waals surface area contributed by atoms with Gasteiger partial charge >= 0.3 is 7.12 Å². The maximum Gasteiger partial charge on any atom is 0.526 e.